The number of methoxy groups -OCH3 is 1. The van der Waals surface area contributed by atoms with Gasteiger partial charge in [-0.3, -0.25) is 0 Å². The maximum Gasteiger partial charge on any atom is 0.335 e. The summed E-state index contributed by atoms with van der Waals surface area (Å²) in [6.45, 7) is 3.73. The van der Waals surface area contributed by atoms with Crippen LogP contribution in [0.5, 0.6) is 0 Å². The molecule has 0 saturated heterocycles. The van der Waals surface area contributed by atoms with E-state index in [0.717, 1.165) is 12.5 Å². The molecular weight excluding hydrogens is 254 g/mol. The standard InChI is InChI=1S/C14H18F2O3/c1-4-9(2)13(14(17)18-3)19-8-10-5-11(15)7-12(16)6-10/h5-7,9,13H,4,8H2,1-3H3. The summed E-state index contributed by atoms with van der Waals surface area (Å²) in [6, 6.07) is 3.14. The third-order valence-corrected chi connectivity index (χ3v) is 2.95. The Kier molecular flexibility index (Phi) is 5.89. The van der Waals surface area contributed by atoms with Crippen LogP contribution < -0.4 is 0 Å². The molecule has 2 atom stereocenters. The minimum Gasteiger partial charge on any atom is -0.467 e. The number of benzene rings is 1. The van der Waals surface area contributed by atoms with Crippen LogP contribution in [0.25, 0.3) is 0 Å². The lowest BCUT2D eigenvalue weighted by Gasteiger charge is -2.21. The van der Waals surface area contributed by atoms with E-state index in [0.29, 0.717) is 5.56 Å². The number of carbonyl (C=O) groups excluding carboxylic acids is 1. The van der Waals surface area contributed by atoms with E-state index in [1.54, 1.807) is 0 Å². The third kappa shape index (κ3) is 4.59. The normalized spacial score (nSPS) is 13.9. The Morgan fingerprint density at radius 2 is 1.84 bits per heavy atom. The first-order chi connectivity index (χ1) is 8.97. The van der Waals surface area contributed by atoms with Gasteiger partial charge in [-0.25, -0.2) is 13.6 Å². The van der Waals surface area contributed by atoms with Crippen LogP contribution in [0.3, 0.4) is 0 Å². The Morgan fingerprint density at radius 1 is 1.26 bits per heavy atom. The molecule has 0 spiro atoms. The van der Waals surface area contributed by atoms with Gasteiger partial charge in [-0.05, 0) is 23.6 Å². The van der Waals surface area contributed by atoms with E-state index in [-0.39, 0.29) is 12.5 Å². The molecule has 19 heavy (non-hydrogen) atoms. The maximum atomic E-state index is 13.0. The van der Waals surface area contributed by atoms with E-state index in [4.69, 9.17) is 4.74 Å². The molecule has 0 aromatic heterocycles. The van der Waals surface area contributed by atoms with Crippen molar-refractivity contribution in [2.75, 3.05) is 7.11 Å². The number of carbonyl (C=O) groups is 1. The monoisotopic (exact) mass is 272 g/mol. The summed E-state index contributed by atoms with van der Waals surface area (Å²) in [5.74, 6) is -1.86. The average Bonchev–Trinajstić information content (AvgIpc) is 2.37. The zero-order valence-corrected chi connectivity index (χ0v) is 11.3. The van der Waals surface area contributed by atoms with Crippen molar-refractivity contribution in [3.8, 4) is 0 Å². The quantitative estimate of drug-likeness (QED) is 0.747. The van der Waals surface area contributed by atoms with Gasteiger partial charge in [0.1, 0.15) is 11.6 Å². The maximum absolute atomic E-state index is 13.0. The lowest BCUT2D eigenvalue weighted by atomic mass is 10.0. The molecule has 0 amide bonds. The van der Waals surface area contributed by atoms with Gasteiger partial charge in [0.2, 0.25) is 0 Å². The van der Waals surface area contributed by atoms with Crippen molar-refractivity contribution < 1.29 is 23.0 Å². The molecule has 3 nitrogen and oxygen atoms in total. The number of ether oxygens (including phenoxy) is 2. The molecule has 0 bridgehead atoms. The first kappa shape index (κ1) is 15.6. The van der Waals surface area contributed by atoms with E-state index in [9.17, 15) is 13.6 Å². The van der Waals surface area contributed by atoms with Crippen molar-refractivity contribution in [3.63, 3.8) is 0 Å². The van der Waals surface area contributed by atoms with Crippen molar-refractivity contribution in [3.05, 3.63) is 35.4 Å². The summed E-state index contributed by atoms with van der Waals surface area (Å²) >= 11 is 0. The highest BCUT2D eigenvalue weighted by Gasteiger charge is 2.25. The van der Waals surface area contributed by atoms with Crippen molar-refractivity contribution >= 4 is 5.97 Å². The second-order valence-electron chi connectivity index (χ2n) is 4.42. The molecule has 1 aromatic carbocycles. The molecular formula is C14H18F2O3. The molecule has 2 unspecified atom stereocenters. The largest absolute Gasteiger partial charge is 0.467 e. The van der Waals surface area contributed by atoms with Gasteiger partial charge in [0, 0.05) is 6.07 Å². The van der Waals surface area contributed by atoms with E-state index in [1.807, 2.05) is 13.8 Å². The third-order valence-electron chi connectivity index (χ3n) is 2.95. The van der Waals surface area contributed by atoms with Crippen molar-refractivity contribution in [1.29, 1.82) is 0 Å². The van der Waals surface area contributed by atoms with Gasteiger partial charge < -0.3 is 9.47 Å². The number of hydrogen-bond donors (Lipinski definition) is 0. The molecule has 0 aliphatic carbocycles. The Morgan fingerprint density at radius 3 is 2.32 bits per heavy atom. The predicted molar refractivity (Wildman–Crippen MR) is 66.4 cm³/mol. The zero-order valence-electron chi connectivity index (χ0n) is 11.3. The highest BCUT2D eigenvalue weighted by Crippen LogP contribution is 2.16. The minimum absolute atomic E-state index is 0.0362. The smallest absolute Gasteiger partial charge is 0.335 e. The van der Waals surface area contributed by atoms with Crippen molar-refractivity contribution in [1.82, 2.24) is 0 Å². The van der Waals surface area contributed by atoms with Gasteiger partial charge in [0.05, 0.1) is 13.7 Å². The van der Waals surface area contributed by atoms with Crippen LogP contribution in [0.1, 0.15) is 25.8 Å². The van der Waals surface area contributed by atoms with Gasteiger partial charge in [-0.2, -0.15) is 0 Å². The van der Waals surface area contributed by atoms with E-state index < -0.39 is 23.7 Å². The second-order valence-corrected chi connectivity index (χ2v) is 4.42. The second kappa shape index (κ2) is 7.19. The summed E-state index contributed by atoms with van der Waals surface area (Å²) in [6.07, 6.45) is -0.00147. The van der Waals surface area contributed by atoms with Gasteiger partial charge in [-0.1, -0.05) is 20.3 Å². The van der Waals surface area contributed by atoms with Crippen LogP contribution in [0.2, 0.25) is 0 Å². The lowest BCUT2D eigenvalue weighted by Crippen LogP contribution is -2.31. The fourth-order valence-electron chi connectivity index (χ4n) is 1.68. The van der Waals surface area contributed by atoms with Crippen LogP contribution >= 0.6 is 0 Å². The molecule has 5 heteroatoms. The fourth-order valence-corrected chi connectivity index (χ4v) is 1.68. The highest BCUT2D eigenvalue weighted by molar-refractivity contribution is 5.74. The first-order valence-corrected chi connectivity index (χ1v) is 6.12. The Labute approximate surface area is 111 Å². The van der Waals surface area contributed by atoms with Crippen LogP contribution in [0.15, 0.2) is 18.2 Å². The molecule has 0 N–H and O–H groups in total. The topological polar surface area (TPSA) is 35.5 Å². The van der Waals surface area contributed by atoms with Gasteiger partial charge >= 0.3 is 5.97 Å². The molecule has 0 saturated carbocycles. The molecule has 0 aliphatic rings. The molecule has 0 radical (unpaired) electrons. The molecule has 0 aliphatic heterocycles. The summed E-state index contributed by atoms with van der Waals surface area (Å²) < 4.78 is 36.1. The molecule has 0 fully saturated rings. The van der Waals surface area contributed by atoms with E-state index in [1.165, 1.54) is 19.2 Å². The number of rotatable bonds is 6. The summed E-state index contributed by atoms with van der Waals surface area (Å²) in [4.78, 5) is 11.6. The molecule has 1 aromatic rings. The first-order valence-electron chi connectivity index (χ1n) is 6.12. The highest BCUT2D eigenvalue weighted by atomic mass is 19.1. The minimum atomic E-state index is -0.735. The van der Waals surface area contributed by atoms with Crippen molar-refractivity contribution in [2.45, 2.75) is 33.0 Å². The Balaban J connectivity index is 2.72. The van der Waals surface area contributed by atoms with Crippen LogP contribution in [-0.2, 0) is 20.9 Å². The number of esters is 1. The SMILES string of the molecule is CCC(C)C(OCc1cc(F)cc(F)c1)C(=O)OC. The van der Waals surface area contributed by atoms with Gasteiger partial charge in [0.25, 0.3) is 0 Å². The Hall–Kier alpha value is -1.49. The van der Waals surface area contributed by atoms with E-state index in [2.05, 4.69) is 4.74 Å². The molecule has 1 rings (SSSR count). The predicted octanol–water partition coefficient (Wildman–Crippen LogP) is 3.07. The summed E-state index contributed by atoms with van der Waals surface area (Å²) in [7, 11) is 1.28. The Bertz CT molecular complexity index is 414. The van der Waals surface area contributed by atoms with Crippen LogP contribution in [-0.4, -0.2) is 19.2 Å². The summed E-state index contributed by atoms with van der Waals surface area (Å²) in [5.41, 5.74) is 0.342. The zero-order chi connectivity index (χ0) is 14.4. The molecule has 106 valence electrons. The van der Waals surface area contributed by atoms with E-state index >= 15 is 0 Å². The number of halogens is 2. The lowest BCUT2D eigenvalue weighted by molar-refractivity contribution is -0.158. The molecule has 0 heterocycles. The van der Waals surface area contributed by atoms with Crippen molar-refractivity contribution in [2.24, 2.45) is 5.92 Å². The van der Waals surface area contributed by atoms with Gasteiger partial charge in [0.15, 0.2) is 6.10 Å². The van der Waals surface area contributed by atoms with Gasteiger partial charge in [-0.15, -0.1) is 0 Å². The average molecular weight is 272 g/mol. The fraction of sp³-hybridized carbons (Fsp3) is 0.500. The summed E-state index contributed by atoms with van der Waals surface area (Å²) in [5, 5.41) is 0. The van der Waals surface area contributed by atoms with Crippen LogP contribution in [0.4, 0.5) is 8.78 Å². The number of hydrogen-bond acceptors (Lipinski definition) is 3. The van der Waals surface area contributed by atoms with Crippen LogP contribution in [0, 0.1) is 17.6 Å².